The molecule has 0 spiro atoms. The number of methoxy groups -OCH3 is 2. The van der Waals surface area contributed by atoms with E-state index in [1.165, 1.54) is 11.3 Å². The molecule has 1 aromatic heterocycles. The maximum Gasteiger partial charge on any atom is 0.270 e. The smallest absolute Gasteiger partial charge is 0.270 e. The van der Waals surface area contributed by atoms with Gasteiger partial charge in [-0.05, 0) is 55.4 Å². The normalized spacial score (nSPS) is 14.7. The van der Waals surface area contributed by atoms with Gasteiger partial charge >= 0.3 is 0 Å². The molecule has 1 fully saturated rings. The molecule has 5 N–H and O–H groups in total. The molecule has 35 heavy (non-hydrogen) atoms. The van der Waals surface area contributed by atoms with Crippen LogP contribution in [0.4, 0.5) is 5.69 Å². The van der Waals surface area contributed by atoms with E-state index in [9.17, 15) is 14.4 Å². The van der Waals surface area contributed by atoms with E-state index in [1.807, 2.05) is 12.1 Å². The van der Waals surface area contributed by atoms with E-state index in [4.69, 9.17) is 20.9 Å². The molecule has 1 aliphatic carbocycles. The number of anilines is 1. The lowest BCUT2D eigenvalue weighted by Gasteiger charge is -2.31. The Morgan fingerprint density at radius 1 is 1.17 bits per heavy atom. The average molecular weight is 504 g/mol. The van der Waals surface area contributed by atoms with Gasteiger partial charge in [0.05, 0.1) is 19.9 Å². The van der Waals surface area contributed by atoms with Crippen molar-refractivity contribution in [2.75, 3.05) is 26.5 Å². The zero-order valence-corrected chi connectivity index (χ0v) is 21.2. The lowest BCUT2D eigenvalue weighted by atomic mass is 9.95. The largest absolute Gasteiger partial charge is 0.493 e. The molecule has 3 amide bonds. The van der Waals surface area contributed by atoms with Crippen molar-refractivity contribution >= 4 is 34.9 Å². The van der Waals surface area contributed by atoms with Crippen LogP contribution < -0.4 is 26.3 Å². The molecule has 1 heterocycles. The Kier molecular flexibility index (Phi) is 8.91. The van der Waals surface area contributed by atoms with Crippen molar-refractivity contribution in [2.24, 2.45) is 5.73 Å². The summed E-state index contributed by atoms with van der Waals surface area (Å²) in [5.74, 6) is -0.336. The Morgan fingerprint density at radius 3 is 2.46 bits per heavy atom. The van der Waals surface area contributed by atoms with Gasteiger partial charge in [-0.25, -0.2) is 0 Å². The minimum absolute atomic E-state index is 0.0662. The third kappa shape index (κ3) is 6.21. The van der Waals surface area contributed by atoms with Gasteiger partial charge in [-0.2, -0.15) is 4.37 Å². The molecule has 0 saturated heterocycles. The Hall–Kier alpha value is -3.34. The molecule has 1 atom stereocenters. The summed E-state index contributed by atoms with van der Waals surface area (Å²) in [5, 5.41) is 3.09. The van der Waals surface area contributed by atoms with Crippen LogP contribution in [0.25, 0.3) is 0 Å². The number of nitrogens with zero attached hydrogens (tertiary/aromatic N) is 2. The molecule has 1 aromatic carbocycles. The highest BCUT2D eigenvalue weighted by Gasteiger charge is 2.32. The Morgan fingerprint density at radius 2 is 1.86 bits per heavy atom. The molecule has 0 aliphatic heterocycles. The third-order valence-electron chi connectivity index (χ3n) is 6.30. The van der Waals surface area contributed by atoms with E-state index in [2.05, 4.69) is 9.69 Å². The standard InChI is InChI=1S/C24H33N5O5S/c1-14(23(31)27-16-7-5-4-6-8-16)29(24(32)21-19(25)20(22(26)30)28-35-21)12-11-15-9-10-17(33-2)18(13-15)34-3/h9-10,13-14,16H,4-8,11-12,25H2,1-3H3,(H2,26,30)(H,27,31)/t14-/m1/s1. The molecule has 190 valence electrons. The van der Waals surface area contributed by atoms with Crippen LogP contribution in [0.2, 0.25) is 0 Å². The summed E-state index contributed by atoms with van der Waals surface area (Å²) in [6.45, 7) is 1.92. The van der Waals surface area contributed by atoms with Gasteiger partial charge in [0.15, 0.2) is 17.2 Å². The van der Waals surface area contributed by atoms with Crippen LogP contribution >= 0.6 is 11.5 Å². The van der Waals surface area contributed by atoms with Crippen molar-refractivity contribution in [3.8, 4) is 11.5 Å². The van der Waals surface area contributed by atoms with Crippen molar-refractivity contribution in [2.45, 2.75) is 57.5 Å². The topological polar surface area (TPSA) is 150 Å². The molecule has 2 aromatic rings. The van der Waals surface area contributed by atoms with Gasteiger partial charge in [-0.1, -0.05) is 25.3 Å². The number of hydrogen-bond donors (Lipinski definition) is 3. The first-order valence-corrected chi connectivity index (χ1v) is 12.4. The first-order valence-electron chi connectivity index (χ1n) is 11.6. The molecular weight excluding hydrogens is 470 g/mol. The quantitative estimate of drug-likeness (QED) is 0.450. The van der Waals surface area contributed by atoms with Gasteiger partial charge in [-0.3, -0.25) is 14.4 Å². The van der Waals surface area contributed by atoms with E-state index in [-0.39, 0.29) is 34.8 Å². The fourth-order valence-electron chi connectivity index (χ4n) is 4.23. The minimum atomic E-state index is -0.808. The monoisotopic (exact) mass is 503 g/mol. The maximum atomic E-state index is 13.5. The van der Waals surface area contributed by atoms with Crippen molar-refractivity contribution < 1.29 is 23.9 Å². The van der Waals surface area contributed by atoms with Crippen LogP contribution in [0.15, 0.2) is 18.2 Å². The van der Waals surface area contributed by atoms with Crippen LogP contribution in [0.1, 0.15) is 64.8 Å². The third-order valence-corrected chi connectivity index (χ3v) is 7.16. The predicted molar refractivity (Wildman–Crippen MR) is 134 cm³/mol. The molecule has 0 unspecified atom stereocenters. The first-order chi connectivity index (χ1) is 16.8. The molecule has 3 rings (SSSR count). The van der Waals surface area contributed by atoms with Gasteiger partial charge in [0.2, 0.25) is 5.91 Å². The molecule has 0 radical (unpaired) electrons. The van der Waals surface area contributed by atoms with E-state index >= 15 is 0 Å². The SMILES string of the molecule is COc1ccc(CCN(C(=O)c2snc(C(N)=O)c2N)[C@H](C)C(=O)NC2CCCCC2)cc1OC. The summed E-state index contributed by atoms with van der Waals surface area (Å²) in [7, 11) is 3.11. The Labute approximate surface area is 209 Å². The zero-order chi connectivity index (χ0) is 25.5. The minimum Gasteiger partial charge on any atom is -0.493 e. The predicted octanol–water partition coefficient (Wildman–Crippen LogP) is 2.36. The number of primary amides is 1. The summed E-state index contributed by atoms with van der Waals surface area (Å²) in [4.78, 5) is 39.8. The maximum absolute atomic E-state index is 13.5. The summed E-state index contributed by atoms with van der Waals surface area (Å²) >= 11 is 0.803. The summed E-state index contributed by atoms with van der Waals surface area (Å²) < 4.78 is 14.6. The molecule has 10 nitrogen and oxygen atoms in total. The lowest BCUT2D eigenvalue weighted by Crippen LogP contribution is -2.51. The number of nitrogen functional groups attached to an aromatic ring is 1. The second-order valence-electron chi connectivity index (χ2n) is 8.60. The van der Waals surface area contributed by atoms with Crippen LogP contribution in [-0.4, -0.2) is 59.8 Å². The molecule has 0 bridgehead atoms. The second-order valence-corrected chi connectivity index (χ2v) is 9.37. The number of benzene rings is 1. The average Bonchev–Trinajstić information content (AvgIpc) is 3.25. The number of rotatable bonds is 10. The number of ether oxygens (including phenoxy) is 2. The second kappa shape index (κ2) is 11.9. The van der Waals surface area contributed by atoms with Crippen molar-refractivity contribution in [3.05, 3.63) is 34.3 Å². The summed E-state index contributed by atoms with van der Waals surface area (Å²) in [6, 6.07) is 4.85. The van der Waals surface area contributed by atoms with Crippen LogP contribution in [0.5, 0.6) is 11.5 Å². The highest BCUT2D eigenvalue weighted by atomic mass is 32.1. The Bertz CT molecular complexity index is 1070. The summed E-state index contributed by atoms with van der Waals surface area (Å²) in [6.07, 6.45) is 5.64. The van der Waals surface area contributed by atoms with E-state index in [1.54, 1.807) is 27.2 Å². The van der Waals surface area contributed by atoms with Gasteiger partial charge in [0.25, 0.3) is 11.8 Å². The van der Waals surface area contributed by atoms with E-state index in [0.29, 0.717) is 17.9 Å². The van der Waals surface area contributed by atoms with Gasteiger partial charge < -0.3 is 31.2 Å². The zero-order valence-electron chi connectivity index (χ0n) is 20.3. The molecular formula is C24H33N5O5S. The van der Waals surface area contributed by atoms with Crippen LogP contribution in [0.3, 0.4) is 0 Å². The van der Waals surface area contributed by atoms with E-state index < -0.39 is 17.9 Å². The highest BCUT2D eigenvalue weighted by Crippen LogP contribution is 2.29. The van der Waals surface area contributed by atoms with Gasteiger partial charge in [0.1, 0.15) is 10.9 Å². The number of carbonyl (C=O) groups excluding carboxylic acids is 3. The molecule has 1 aliphatic rings. The van der Waals surface area contributed by atoms with Crippen molar-refractivity contribution in [1.29, 1.82) is 0 Å². The number of carbonyl (C=O) groups is 3. The Balaban J connectivity index is 1.83. The van der Waals surface area contributed by atoms with Crippen LogP contribution in [0, 0.1) is 0 Å². The fourth-order valence-corrected chi connectivity index (χ4v) is 4.99. The molecule has 11 heteroatoms. The number of nitrogens with two attached hydrogens (primary N) is 2. The fraction of sp³-hybridized carbons (Fsp3) is 0.500. The summed E-state index contributed by atoms with van der Waals surface area (Å²) in [5.41, 5.74) is 12.0. The highest BCUT2D eigenvalue weighted by molar-refractivity contribution is 7.09. The number of nitrogens with one attached hydrogen (secondary N) is 1. The lowest BCUT2D eigenvalue weighted by molar-refractivity contribution is -0.126. The first kappa shape index (κ1) is 26.3. The molecule has 1 saturated carbocycles. The van der Waals surface area contributed by atoms with Gasteiger partial charge in [-0.15, -0.1) is 0 Å². The van der Waals surface area contributed by atoms with Crippen LogP contribution in [-0.2, 0) is 11.2 Å². The number of amides is 3. The van der Waals surface area contributed by atoms with E-state index in [0.717, 1.165) is 42.8 Å². The van der Waals surface area contributed by atoms with Gasteiger partial charge in [0, 0.05) is 12.6 Å². The number of hydrogen-bond acceptors (Lipinski definition) is 8. The number of aromatic nitrogens is 1. The van der Waals surface area contributed by atoms with Crippen molar-refractivity contribution in [3.63, 3.8) is 0 Å². The van der Waals surface area contributed by atoms with Crippen molar-refractivity contribution in [1.82, 2.24) is 14.6 Å².